The summed E-state index contributed by atoms with van der Waals surface area (Å²) in [5.74, 6) is 0.725. The van der Waals surface area contributed by atoms with E-state index >= 15 is 0 Å². The van der Waals surface area contributed by atoms with Crippen molar-refractivity contribution < 1.29 is 14.6 Å². The number of aromatic hydroxyl groups is 1. The molecule has 0 bridgehead atoms. The number of phenolic OH excluding ortho intramolecular Hbond substituents is 1. The molecule has 110 valence electrons. The number of hydrogen-bond acceptors (Lipinski definition) is 4. The molecule has 2 aromatic carbocycles. The van der Waals surface area contributed by atoms with Crippen LogP contribution in [0.25, 0.3) is 0 Å². The number of ether oxygens (including phenoxy) is 1. The van der Waals surface area contributed by atoms with Gasteiger partial charge in [-0.25, -0.2) is 0 Å². The fourth-order valence-corrected chi connectivity index (χ4v) is 1.84. The predicted octanol–water partition coefficient (Wildman–Crippen LogP) is 1.91. The van der Waals surface area contributed by atoms with Crippen molar-refractivity contribution in [3.05, 3.63) is 54.1 Å². The molecule has 0 spiro atoms. The summed E-state index contributed by atoms with van der Waals surface area (Å²) in [7, 11) is 0. The van der Waals surface area contributed by atoms with Gasteiger partial charge in [-0.1, -0.05) is 18.2 Å². The summed E-state index contributed by atoms with van der Waals surface area (Å²) in [5, 5.41) is 12.0. The maximum Gasteiger partial charge on any atom is 0.228 e. The Bertz CT molecular complexity index is 597. The molecule has 21 heavy (non-hydrogen) atoms. The summed E-state index contributed by atoms with van der Waals surface area (Å²) in [6.07, 6.45) is 0.244. The van der Waals surface area contributed by atoms with E-state index in [-0.39, 0.29) is 18.1 Å². The second-order valence-corrected chi connectivity index (χ2v) is 4.56. The van der Waals surface area contributed by atoms with E-state index < -0.39 is 0 Å². The molecule has 4 N–H and O–H groups in total. The molecule has 1 amide bonds. The second kappa shape index (κ2) is 7.31. The van der Waals surface area contributed by atoms with Crippen LogP contribution in [0.4, 0.5) is 5.69 Å². The molecule has 0 aliphatic rings. The van der Waals surface area contributed by atoms with Gasteiger partial charge >= 0.3 is 0 Å². The monoisotopic (exact) mass is 286 g/mol. The first-order valence-corrected chi connectivity index (χ1v) is 6.68. The highest BCUT2D eigenvalue weighted by Gasteiger charge is 2.05. The SMILES string of the molecule is NCCOc1cccc(NC(=O)Cc2ccc(O)cc2)c1. The van der Waals surface area contributed by atoms with Crippen LogP contribution >= 0.6 is 0 Å². The van der Waals surface area contributed by atoms with Crippen LogP contribution in [0.3, 0.4) is 0 Å². The van der Waals surface area contributed by atoms with Gasteiger partial charge in [0.05, 0.1) is 6.42 Å². The van der Waals surface area contributed by atoms with Crippen LogP contribution in [0, 0.1) is 0 Å². The molecule has 0 saturated heterocycles. The lowest BCUT2D eigenvalue weighted by atomic mass is 10.1. The van der Waals surface area contributed by atoms with Gasteiger partial charge in [-0.3, -0.25) is 4.79 Å². The molecule has 0 aromatic heterocycles. The molecule has 5 heteroatoms. The van der Waals surface area contributed by atoms with Gasteiger partial charge in [0, 0.05) is 18.3 Å². The number of hydrogen-bond donors (Lipinski definition) is 3. The largest absolute Gasteiger partial charge is 0.508 e. The number of amides is 1. The summed E-state index contributed by atoms with van der Waals surface area (Å²) in [5.41, 5.74) is 6.89. The number of phenols is 1. The molecule has 0 saturated carbocycles. The number of nitrogens with one attached hydrogen (secondary N) is 1. The predicted molar refractivity (Wildman–Crippen MR) is 81.4 cm³/mol. The number of benzene rings is 2. The van der Waals surface area contributed by atoms with E-state index in [0.717, 1.165) is 5.56 Å². The van der Waals surface area contributed by atoms with Gasteiger partial charge < -0.3 is 20.9 Å². The van der Waals surface area contributed by atoms with Gasteiger partial charge in [-0.15, -0.1) is 0 Å². The number of rotatable bonds is 6. The van der Waals surface area contributed by atoms with Crippen LogP contribution in [0.2, 0.25) is 0 Å². The molecular weight excluding hydrogens is 268 g/mol. The van der Waals surface area contributed by atoms with Gasteiger partial charge in [0.15, 0.2) is 0 Å². The summed E-state index contributed by atoms with van der Waals surface area (Å²) in [6, 6.07) is 13.7. The lowest BCUT2D eigenvalue weighted by molar-refractivity contribution is -0.115. The highest BCUT2D eigenvalue weighted by Crippen LogP contribution is 2.18. The van der Waals surface area contributed by atoms with E-state index in [4.69, 9.17) is 10.5 Å². The first kappa shape index (κ1) is 14.9. The second-order valence-electron chi connectivity index (χ2n) is 4.56. The van der Waals surface area contributed by atoms with Crippen molar-refractivity contribution in [1.29, 1.82) is 0 Å². The number of carbonyl (C=O) groups excluding carboxylic acids is 1. The van der Waals surface area contributed by atoms with E-state index in [1.165, 1.54) is 0 Å². The smallest absolute Gasteiger partial charge is 0.228 e. The van der Waals surface area contributed by atoms with E-state index in [2.05, 4.69) is 5.32 Å². The fourth-order valence-electron chi connectivity index (χ4n) is 1.84. The van der Waals surface area contributed by atoms with Crippen molar-refractivity contribution >= 4 is 11.6 Å². The highest BCUT2D eigenvalue weighted by atomic mass is 16.5. The molecule has 0 fully saturated rings. The fraction of sp³-hybridized carbons (Fsp3) is 0.188. The van der Waals surface area contributed by atoms with Crippen LogP contribution < -0.4 is 15.8 Å². The zero-order chi connectivity index (χ0) is 15.1. The van der Waals surface area contributed by atoms with Crippen LogP contribution in [-0.2, 0) is 11.2 Å². The molecule has 2 rings (SSSR count). The quantitative estimate of drug-likeness (QED) is 0.757. The molecule has 5 nitrogen and oxygen atoms in total. The Labute approximate surface area is 123 Å². The van der Waals surface area contributed by atoms with Gasteiger partial charge in [0.2, 0.25) is 5.91 Å². The van der Waals surface area contributed by atoms with Crippen molar-refractivity contribution in [2.75, 3.05) is 18.5 Å². The molecule has 0 heterocycles. The van der Waals surface area contributed by atoms with Crippen molar-refractivity contribution in [3.63, 3.8) is 0 Å². The van der Waals surface area contributed by atoms with Crippen molar-refractivity contribution in [3.8, 4) is 11.5 Å². The Morgan fingerprint density at radius 3 is 2.67 bits per heavy atom. The zero-order valence-electron chi connectivity index (χ0n) is 11.6. The zero-order valence-corrected chi connectivity index (χ0v) is 11.6. The summed E-state index contributed by atoms with van der Waals surface area (Å²) < 4.78 is 5.40. The van der Waals surface area contributed by atoms with Crippen molar-refractivity contribution in [2.45, 2.75) is 6.42 Å². The summed E-state index contributed by atoms with van der Waals surface area (Å²) in [6.45, 7) is 0.877. The molecular formula is C16H18N2O3. The molecule has 0 aliphatic carbocycles. The minimum atomic E-state index is -0.128. The van der Waals surface area contributed by atoms with Crippen molar-refractivity contribution in [2.24, 2.45) is 5.73 Å². The average molecular weight is 286 g/mol. The number of nitrogens with two attached hydrogens (primary N) is 1. The Balaban J connectivity index is 1.94. The van der Waals surface area contributed by atoms with E-state index in [1.54, 1.807) is 36.4 Å². The van der Waals surface area contributed by atoms with Gasteiger partial charge in [-0.05, 0) is 29.8 Å². The van der Waals surface area contributed by atoms with Crippen LogP contribution in [-0.4, -0.2) is 24.2 Å². The molecule has 0 radical (unpaired) electrons. The first-order valence-electron chi connectivity index (χ1n) is 6.68. The van der Waals surface area contributed by atoms with E-state index in [9.17, 15) is 9.90 Å². The molecule has 0 aliphatic heterocycles. The van der Waals surface area contributed by atoms with Gasteiger partial charge in [0.25, 0.3) is 0 Å². The molecule has 2 aromatic rings. The Kier molecular flexibility index (Phi) is 5.17. The molecule has 0 atom stereocenters. The van der Waals surface area contributed by atoms with Crippen LogP contribution in [0.1, 0.15) is 5.56 Å². The third kappa shape index (κ3) is 4.81. The average Bonchev–Trinajstić information content (AvgIpc) is 2.48. The van der Waals surface area contributed by atoms with Crippen LogP contribution in [0.5, 0.6) is 11.5 Å². The van der Waals surface area contributed by atoms with Crippen molar-refractivity contribution in [1.82, 2.24) is 0 Å². The Morgan fingerprint density at radius 2 is 1.95 bits per heavy atom. The van der Waals surface area contributed by atoms with Gasteiger partial charge in [0.1, 0.15) is 18.1 Å². The van der Waals surface area contributed by atoms with Gasteiger partial charge in [-0.2, -0.15) is 0 Å². The standard InChI is InChI=1S/C16H18N2O3/c17-8-9-21-15-3-1-2-13(11-15)18-16(20)10-12-4-6-14(19)7-5-12/h1-7,11,19H,8-10,17H2,(H,18,20). The molecule has 0 unspecified atom stereocenters. The summed E-state index contributed by atoms with van der Waals surface area (Å²) >= 11 is 0. The summed E-state index contributed by atoms with van der Waals surface area (Å²) in [4.78, 5) is 12.0. The third-order valence-electron chi connectivity index (χ3n) is 2.81. The topological polar surface area (TPSA) is 84.6 Å². The number of anilines is 1. The van der Waals surface area contributed by atoms with Crippen LogP contribution in [0.15, 0.2) is 48.5 Å². The third-order valence-corrected chi connectivity index (χ3v) is 2.81. The Hall–Kier alpha value is -2.53. The first-order chi connectivity index (χ1) is 10.2. The maximum atomic E-state index is 12.0. The van der Waals surface area contributed by atoms with E-state index in [0.29, 0.717) is 24.6 Å². The van der Waals surface area contributed by atoms with E-state index in [1.807, 2.05) is 12.1 Å². The highest BCUT2D eigenvalue weighted by molar-refractivity contribution is 5.92. The maximum absolute atomic E-state index is 12.0. The normalized spacial score (nSPS) is 10.1. The lowest BCUT2D eigenvalue weighted by Crippen LogP contribution is -2.14. The number of carbonyl (C=O) groups is 1. The minimum absolute atomic E-state index is 0.128. The lowest BCUT2D eigenvalue weighted by Gasteiger charge is -2.08. The minimum Gasteiger partial charge on any atom is -0.508 e. The Morgan fingerprint density at radius 1 is 1.19 bits per heavy atom.